The minimum Gasteiger partial charge on any atom is -0.390 e. The van der Waals surface area contributed by atoms with Gasteiger partial charge in [-0.1, -0.05) is 25.4 Å². The molecule has 0 heterocycles. The van der Waals surface area contributed by atoms with E-state index in [-0.39, 0.29) is 0 Å². The summed E-state index contributed by atoms with van der Waals surface area (Å²) in [5.41, 5.74) is 4.98. The SMILES string of the molecule is CC(C)/C(Cl)=C\N=CN. The molecule has 0 rings (SSSR count). The van der Waals surface area contributed by atoms with Crippen molar-refractivity contribution in [3.63, 3.8) is 0 Å². The second-order valence-electron chi connectivity index (χ2n) is 1.97. The van der Waals surface area contributed by atoms with Crippen molar-refractivity contribution in [1.29, 1.82) is 0 Å². The third-order valence-electron chi connectivity index (χ3n) is 0.835. The Balaban J connectivity index is 3.84. The molecule has 0 spiro atoms. The Morgan fingerprint density at radius 2 is 2.22 bits per heavy atom. The van der Waals surface area contributed by atoms with Gasteiger partial charge in [-0.25, -0.2) is 4.99 Å². The molecule has 0 saturated carbocycles. The number of nitrogens with zero attached hydrogens (tertiary/aromatic N) is 1. The predicted octanol–water partition coefficient (Wildman–Crippen LogP) is 1.71. The Bertz CT molecular complexity index is 127. The first kappa shape index (κ1) is 8.50. The van der Waals surface area contributed by atoms with Crippen LogP contribution in [-0.4, -0.2) is 6.34 Å². The van der Waals surface area contributed by atoms with Gasteiger partial charge in [0.15, 0.2) is 0 Å². The van der Waals surface area contributed by atoms with Crippen LogP contribution in [0.3, 0.4) is 0 Å². The summed E-state index contributed by atoms with van der Waals surface area (Å²) < 4.78 is 0. The molecular weight excluding hydrogens is 136 g/mol. The zero-order valence-electron chi connectivity index (χ0n) is 5.63. The molecule has 0 bridgehead atoms. The van der Waals surface area contributed by atoms with E-state index < -0.39 is 0 Å². The van der Waals surface area contributed by atoms with Crippen LogP contribution in [0, 0.1) is 5.92 Å². The molecule has 0 radical (unpaired) electrons. The summed E-state index contributed by atoms with van der Waals surface area (Å²) in [6.45, 7) is 3.98. The number of aliphatic imine (C=N–C) groups is 1. The third-order valence-corrected chi connectivity index (χ3v) is 1.37. The normalized spacial score (nSPS) is 13.6. The standard InChI is InChI=1S/C6H11ClN2/c1-5(2)6(7)3-9-4-8/h3-5H,1-2H3,(H2,8,9)/b6-3+. The second kappa shape index (κ2) is 4.39. The van der Waals surface area contributed by atoms with Crippen LogP contribution >= 0.6 is 11.6 Å². The monoisotopic (exact) mass is 146 g/mol. The van der Waals surface area contributed by atoms with Gasteiger partial charge in [0, 0.05) is 11.2 Å². The quantitative estimate of drug-likeness (QED) is 0.468. The van der Waals surface area contributed by atoms with Crippen LogP contribution in [0.4, 0.5) is 0 Å². The van der Waals surface area contributed by atoms with Gasteiger partial charge in [-0.2, -0.15) is 0 Å². The number of allylic oxidation sites excluding steroid dienone is 1. The lowest BCUT2D eigenvalue weighted by Crippen LogP contribution is -1.88. The van der Waals surface area contributed by atoms with E-state index >= 15 is 0 Å². The van der Waals surface area contributed by atoms with E-state index in [0.29, 0.717) is 5.92 Å². The fourth-order valence-corrected chi connectivity index (χ4v) is 0.320. The first-order valence-corrected chi connectivity index (χ1v) is 3.15. The summed E-state index contributed by atoms with van der Waals surface area (Å²) in [5.74, 6) is 0.329. The Labute approximate surface area is 60.4 Å². The lowest BCUT2D eigenvalue weighted by atomic mass is 10.2. The molecule has 0 saturated heterocycles. The van der Waals surface area contributed by atoms with Crippen LogP contribution in [0.5, 0.6) is 0 Å². The molecule has 0 aliphatic heterocycles. The van der Waals surface area contributed by atoms with Crippen molar-refractivity contribution in [2.45, 2.75) is 13.8 Å². The Morgan fingerprint density at radius 3 is 2.56 bits per heavy atom. The predicted molar refractivity (Wildman–Crippen MR) is 41.5 cm³/mol. The molecule has 0 aromatic heterocycles. The van der Waals surface area contributed by atoms with Gasteiger partial charge >= 0.3 is 0 Å². The average molecular weight is 147 g/mol. The fourth-order valence-electron chi connectivity index (χ4n) is 0.263. The maximum absolute atomic E-state index is 5.69. The zero-order valence-corrected chi connectivity index (χ0v) is 6.39. The van der Waals surface area contributed by atoms with Gasteiger partial charge in [0.25, 0.3) is 0 Å². The van der Waals surface area contributed by atoms with Crippen molar-refractivity contribution in [3.8, 4) is 0 Å². The molecule has 0 aromatic rings. The lowest BCUT2D eigenvalue weighted by molar-refractivity contribution is 0.810. The summed E-state index contributed by atoms with van der Waals surface area (Å²) in [7, 11) is 0. The molecule has 3 heteroatoms. The summed E-state index contributed by atoms with van der Waals surface area (Å²) in [4.78, 5) is 3.65. The molecule has 0 aliphatic rings. The van der Waals surface area contributed by atoms with Gasteiger partial charge < -0.3 is 5.73 Å². The molecule has 0 amide bonds. The van der Waals surface area contributed by atoms with Crippen molar-refractivity contribution in [2.75, 3.05) is 0 Å². The molecule has 9 heavy (non-hydrogen) atoms. The minimum atomic E-state index is 0.329. The van der Waals surface area contributed by atoms with Crippen LogP contribution < -0.4 is 5.73 Å². The topological polar surface area (TPSA) is 38.4 Å². The summed E-state index contributed by atoms with van der Waals surface area (Å²) in [6.07, 6.45) is 2.76. The lowest BCUT2D eigenvalue weighted by Gasteiger charge is -1.97. The van der Waals surface area contributed by atoms with Crippen molar-refractivity contribution >= 4 is 17.9 Å². The molecule has 0 fully saturated rings. The van der Waals surface area contributed by atoms with Crippen LogP contribution in [0.25, 0.3) is 0 Å². The molecule has 0 unspecified atom stereocenters. The molecule has 0 atom stereocenters. The Hall–Kier alpha value is -0.500. The number of halogens is 1. The number of nitrogens with two attached hydrogens (primary N) is 1. The van der Waals surface area contributed by atoms with Gasteiger partial charge in [0.1, 0.15) is 0 Å². The van der Waals surface area contributed by atoms with E-state index in [0.717, 1.165) is 5.03 Å². The first-order valence-electron chi connectivity index (χ1n) is 2.77. The van der Waals surface area contributed by atoms with Crippen molar-refractivity contribution in [1.82, 2.24) is 0 Å². The molecular formula is C6H11ClN2. The average Bonchev–Trinajstić information content (AvgIpc) is 1.82. The number of rotatable bonds is 2. The minimum absolute atomic E-state index is 0.329. The Kier molecular flexibility index (Phi) is 4.14. The summed E-state index contributed by atoms with van der Waals surface area (Å²) in [6, 6.07) is 0. The van der Waals surface area contributed by atoms with Crippen LogP contribution in [0.1, 0.15) is 13.8 Å². The first-order chi connectivity index (χ1) is 4.18. The molecule has 0 aliphatic carbocycles. The highest BCUT2D eigenvalue weighted by molar-refractivity contribution is 6.29. The zero-order chi connectivity index (χ0) is 7.28. The maximum Gasteiger partial charge on any atom is 0.0853 e. The van der Waals surface area contributed by atoms with Gasteiger partial charge in [-0.3, -0.25) is 0 Å². The van der Waals surface area contributed by atoms with E-state index in [4.69, 9.17) is 17.3 Å². The van der Waals surface area contributed by atoms with E-state index in [1.807, 2.05) is 13.8 Å². The second-order valence-corrected chi connectivity index (χ2v) is 2.40. The van der Waals surface area contributed by atoms with E-state index in [9.17, 15) is 0 Å². The highest BCUT2D eigenvalue weighted by Gasteiger charge is 1.95. The van der Waals surface area contributed by atoms with Crippen LogP contribution in [0.2, 0.25) is 0 Å². The Morgan fingerprint density at radius 1 is 1.67 bits per heavy atom. The summed E-state index contributed by atoms with van der Waals surface area (Å²) in [5, 5.41) is 0.719. The highest BCUT2D eigenvalue weighted by atomic mass is 35.5. The maximum atomic E-state index is 5.69. The van der Waals surface area contributed by atoms with E-state index in [2.05, 4.69) is 4.99 Å². The van der Waals surface area contributed by atoms with E-state index in [1.165, 1.54) is 6.34 Å². The number of hydrogen-bond acceptors (Lipinski definition) is 1. The van der Waals surface area contributed by atoms with Crippen molar-refractivity contribution < 1.29 is 0 Å². The summed E-state index contributed by atoms with van der Waals surface area (Å²) >= 11 is 5.69. The smallest absolute Gasteiger partial charge is 0.0853 e. The van der Waals surface area contributed by atoms with Crippen molar-refractivity contribution in [2.24, 2.45) is 16.6 Å². The van der Waals surface area contributed by atoms with Crippen LogP contribution in [0.15, 0.2) is 16.2 Å². The van der Waals surface area contributed by atoms with Crippen molar-refractivity contribution in [3.05, 3.63) is 11.2 Å². The van der Waals surface area contributed by atoms with Gasteiger partial charge in [0.2, 0.25) is 0 Å². The fraction of sp³-hybridized carbons (Fsp3) is 0.500. The van der Waals surface area contributed by atoms with Crippen LogP contribution in [-0.2, 0) is 0 Å². The number of hydrogen-bond donors (Lipinski definition) is 1. The largest absolute Gasteiger partial charge is 0.390 e. The van der Waals surface area contributed by atoms with E-state index in [1.54, 1.807) is 6.20 Å². The van der Waals surface area contributed by atoms with Gasteiger partial charge in [-0.05, 0) is 5.92 Å². The molecule has 0 aromatic carbocycles. The molecule has 52 valence electrons. The highest BCUT2D eigenvalue weighted by Crippen LogP contribution is 2.12. The van der Waals surface area contributed by atoms with Gasteiger partial charge in [0.05, 0.1) is 6.34 Å². The third kappa shape index (κ3) is 4.03. The molecule has 2 nitrogen and oxygen atoms in total. The van der Waals surface area contributed by atoms with Gasteiger partial charge in [-0.15, -0.1) is 0 Å². The molecule has 2 N–H and O–H groups in total.